The highest BCUT2D eigenvalue weighted by Gasteiger charge is 2.49. The molecule has 1 N–H and O–H groups in total. The molecule has 2 aliphatic rings. The fraction of sp³-hybridized carbons (Fsp3) is 0.500. The minimum atomic E-state index is -0.747. The zero-order chi connectivity index (χ0) is 13.5. The summed E-state index contributed by atoms with van der Waals surface area (Å²) >= 11 is 0. The summed E-state index contributed by atoms with van der Waals surface area (Å²) in [7, 11) is 0. The number of nitrogens with one attached hydrogen (secondary N) is 1. The van der Waals surface area contributed by atoms with Crippen LogP contribution in [0, 0.1) is 22.7 Å². The second kappa shape index (κ2) is 4.38. The molecule has 3 nitrogen and oxygen atoms in total. The number of carbonyl (C=O) groups is 1. The van der Waals surface area contributed by atoms with E-state index in [-0.39, 0.29) is 5.91 Å². The predicted octanol–water partition coefficient (Wildman–Crippen LogP) is 2.38. The monoisotopic (exact) mass is 254 g/mol. The van der Waals surface area contributed by atoms with E-state index < -0.39 is 5.41 Å². The topological polar surface area (TPSA) is 52.9 Å². The van der Waals surface area contributed by atoms with Crippen molar-refractivity contribution >= 4 is 5.91 Å². The highest BCUT2D eigenvalue weighted by atomic mass is 16.2. The lowest BCUT2D eigenvalue weighted by Crippen LogP contribution is -2.49. The Bertz CT molecular complexity index is 552. The van der Waals surface area contributed by atoms with Crippen LogP contribution in [0.4, 0.5) is 0 Å². The van der Waals surface area contributed by atoms with Gasteiger partial charge in [-0.05, 0) is 36.3 Å². The average Bonchev–Trinajstić information content (AvgIpc) is 2.35. The fourth-order valence-corrected chi connectivity index (χ4v) is 3.39. The first-order valence-electron chi connectivity index (χ1n) is 6.92. The molecular formula is C16H18N2O. The standard InChI is InChI=1S/C16H18N2O/c1-11-7-16(8-11,10-17)15(19)18-9-13-6-12-4-2-3-5-14(12)13/h2-5,11,13H,6-9H2,1H3,(H,18,19). The van der Waals surface area contributed by atoms with Crippen molar-refractivity contribution in [2.75, 3.05) is 6.54 Å². The molecule has 2 aliphatic carbocycles. The number of hydrogen-bond donors (Lipinski definition) is 1. The Hall–Kier alpha value is -1.82. The van der Waals surface area contributed by atoms with Gasteiger partial charge in [-0.1, -0.05) is 31.2 Å². The minimum absolute atomic E-state index is 0.0718. The molecule has 1 fully saturated rings. The first-order valence-corrected chi connectivity index (χ1v) is 6.92. The molecule has 98 valence electrons. The molecule has 0 saturated heterocycles. The Labute approximate surface area is 113 Å². The molecule has 3 heteroatoms. The molecule has 1 aromatic carbocycles. The summed E-state index contributed by atoms with van der Waals surface area (Å²) in [6.45, 7) is 2.75. The zero-order valence-corrected chi connectivity index (χ0v) is 11.1. The summed E-state index contributed by atoms with van der Waals surface area (Å²) in [4.78, 5) is 12.1. The van der Waals surface area contributed by atoms with Crippen molar-refractivity contribution in [2.24, 2.45) is 11.3 Å². The van der Waals surface area contributed by atoms with Gasteiger partial charge in [0.05, 0.1) is 6.07 Å². The fourth-order valence-electron chi connectivity index (χ4n) is 3.39. The van der Waals surface area contributed by atoms with Gasteiger partial charge in [0.2, 0.25) is 5.91 Å². The number of carbonyl (C=O) groups excluding carboxylic acids is 1. The molecule has 1 saturated carbocycles. The maximum absolute atomic E-state index is 12.1. The van der Waals surface area contributed by atoms with Crippen molar-refractivity contribution in [2.45, 2.75) is 32.1 Å². The molecule has 1 unspecified atom stereocenters. The maximum atomic E-state index is 12.1. The molecule has 1 aromatic rings. The Morgan fingerprint density at radius 3 is 2.84 bits per heavy atom. The molecule has 0 radical (unpaired) electrons. The molecule has 0 spiro atoms. The van der Waals surface area contributed by atoms with Gasteiger partial charge in [0.25, 0.3) is 0 Å². The highest BCUT2D eigenvalue weighted by Crippen LogP contribution is 2.45. The Kier molecular flexibility index (Phi) is 2.82. The Morgan fingerprint density at radius 2 is 2.21 bits per heavy atom. The minimum Gasteiger partial charge on any atom is -0.354 e. The van der Waals surface area contributed by atoms with Crippen LogP contribution in [0.15, 0.2) is 24.3 Å². The van der Waals surface area contributed by atoms with E-state index >= 15 is 0 Å². The number of benzene rings is 1. The van der Waals surface area contributed by atoms with E-state index in [1.54, 1.807) is 0 Å². The second-order valence-electron chi connectivity index (χ2n) is 6.02. The summed E-state index contributed by atoms with van der Waals surface area (Å²) in [5, 5.41) is 12.2. The van der Waals surface area contributed by atoms with Gasteiger partial charge >= 0.3 is 0 Å². The molecular weight excluding hydrogens is 236 g/mol. The average molecular weight is 254 g/mol. The van der Waals surface area contributed by atoms with E-state index in [1.165, 1.54) is 11.1 Å². The third kappa shape index (κ3) is 1.92. The van der Waals surface area contributed by atoms with E-state index in [1.807, 2.05) is 12.1 Å². The Morgan fingerprint density at radius 1 is 1.47 bits per heavy atom. The van der Waals surface area contributed by atoms with E-state index in [0.29, 0.717) is 31.2 Å². The van der Waals surface area contributed by atoms with Crippen LogP contribution in [0.5, 0.6) is 0 Å². The van der Waals surface area contributed by atoms with E-state index in [9.17, 15) is 10.1 Å². The van der Waals surface area contributed by atoms with Crippen LogP contribution in [-0.4, -0.2) is 12.5 Å². The van der Waals surface area contributed by atoms with Crippen LogP contribution in [-0.2, 0) is 11.2 Å². The van der Waals surface area contributed by atoms with Gasteiger partial charge in [0.1, 0.15) is 5.41 Å². The van der Waals surface area contributed by atoms with Crippen LogP contribution in [0.1, 0.15) is 36.8 Å². The summed E-state index contributed by atoms with van der Waals surface area (Å²) in [5.74, 6) is 0.848. The van der Waals surface area contributed by atoms with E-state index in [2.05, 4.69) is 30.4 Å². The second-order valence-corrected chi connectivity index (χ2v) is 6.02. The van der Waals surface area contributed by atoms with Gasteiger partial charge in [-0.2, -0.15) is 5.26 Å². The van der Waals surface area contributed by atoms with Crippen molar-refractivity contribution in [3.8, 4) is 6.07 Å². The van der Waals surface area contributed by atoms with Gasteiger partial charge in [0, 0.05) is 12.5 Å². The van der Waals surface area contributed by atoms with Crippen molar-refractivity contribution in [1.29, 1.82) is 5.26 Å². The van der Waals surface area contributed by atoms with Crippen LogP contribution in [0.2, 0.25) is 0 Å². The van der Waals surface area contributed by atoms with Crippen LogP contribution >= 0.6 is 0 Å². The van der Waals surface area contributed by atoms with E-state index in [4.69, 9.17) is 0 Å². The molecule has 0 aromatic heterocycles. The summed E-state index contributed by atoms with van der Waals surface area (Å²) in [5.41, 5.74) is 1.98. The predicted molar refractivity (Wildman–Crippen MR) is 72.3 cm³/mol. The van der Waals surface area contributed by atoms with Crippen molar-refractivity contribution in [1.82, 2.24) is 5.32 Å². The molecule has 19 heavy (non-hydrogen) atoms. The lowest BCUT2D eigenvalue weighted by atomic mass is 9.63. The first-order chi connectivity index (χ1) is 9.14. The SMILES string of the molecule is CC1CC(C#N)(C(=O)NCC2Cc3ccccc32)C1. The number of nitriles is 1. The lowest BCUT2D eigenvalue weighted by Gasteiger charge is -2.40. The van der Waals surface area contributed by atoms with Gasteiger partial charge in [-0.25, -0.2) is 0 Å². The number of rotatable bonds is 3. The summed E-state index contributed by atoms with van der Waals surface area (Å²) in [6.07, 6.45) is 2.44. The van der Waals surface area contributed by atoms with Gasteiger partial charge < -0.3 is 5.32 Å². The van der Waals surface area contributed by atoms with Gasteiger partial charge in [0.15, 0.2) is 0 Å². The normalized spacial score (nSPS) is 31.4. The van der Waals surface area contributed by atoms with Crippen molar-refractivity contribution in [3.63, 3.8) is 0 Å². The van der Waals surface area contributed by atoms with Crippen LogP contribution in [0.25, 0.3) is 0 Å². The van der Waals surface area contributed by atoms with E-state index in [0.717, 1.165) is 6.42 Å². The number of nitrogens with zero attached hydrogens (tertiary/aromatic N) is 1. The van der Waals surface area contributed by atoms with Gasteiger partial charge in [-0.3, -0.25) is 4.79 Å². The molecule has 0 aliphatic heterocycles. The first kappa shape index (κ1) is 12.2. The maximum Gasteiger partial charge on any atom is 0.240 e. The zero-order valence-electron chi connectivity index (χ0n) is 11.1. The van der Waals surface area contributed by atoms with Crippen molar-refractivity contribution < 1.29 is 4.79 Å². The molecule has 1 amide bonds. The molecule has 3 rings (SSSR count). The summed E-state index contributed by atoms with van der Waals surface area (Å²) < 4.78 is 0. The molecule has 1 atom stereocenters. The largest absolute Gasteiger partial charge is 0.354 e. The van der Waals surface area contributed by atoms with Crippen molar-refractivity contribution in [3.05, 3.63) is 35.4 Å². The number of fused-ring (bicyclic) bond motifs is 1. The Balaban J connectivity index is 1.57. The number of amides is 1. The quantitative estimate of drug-likeness (QED) is 0.900. The summed E-state index contributed by atoms with van der Waals surface area (Å²) in [6, 6.07) is 10.6. The lowest BCUT2D eigenvalue weighted by molar-refractivity contribution is -0.134. The van der Waals surface area contributed by atoms with Gasteiger partial charge in [-0.15, -0.1) is 0 Å². The third-order valence-corrected chi connectivity index (χ3v) is 4.51. The number of hydrogen-bond acceptors (Lipinski definition) is 2. The molecule has 0 bridgehead atoms. The third-order valence-electron chi connectivity index (χ3n) is 4.51. The van der Waals surface area contributed by atoms with Crippen LogP contribution < -0.4 is 5.32 Å². The molecule has 0 heterocycles. The van der Waals surface area contributed by atoms with Crippen LogP contribution in [0.3, 0.4) is 0 Å². The smallest absolute Gasteiger partial charge is 0.240 e. The highest BCUT2D eigenvalue weighted by molar-refractivity contribution is 5.86.